The fraction of sp³-hybridized carbons (Fsp3) is 0.192. The van der Waals surface area contributed by atoms with Crippen molar-refractivity contribution in [2.45, 2.75) is 16.7 Å². The van der Waals surface area contributed by atoms with Crippen molar-refractivity contribution in [2.75, 3.05) is 42.3 Å². The topological polar surface area (TPSA) is 97.5 Å². The van der Waals surface area contributed by atoms with E-state index in [0.717, 1.165) is 46.7 Å². The van der Waals surface area contributed by atoms with E-state index >= 15 is 0 Å². The lowest BCUT2D eigenvalue weighted by atomic mass is 10.1. The van der Waals surface area contributed by atoms with Crippen molar-refractivity contribution >= 4 is 43.5 Å². The highest BCUT2D eigenvalue weighted by molar-refractivity contribution is 7.91. The van der Waals surface area contributed by atoms with Crippen LogP contribution in [0.15, 0.2) is 82.6 Å². The molecule has 34 heavy (non-hydrogen) atoms. The first-order valence-electron chi connectivity index (χ1n) is 11.1. The van der Waals surface area contributed by atoms with Crippen molar-refractivity contribution in [1.29, 1.82) is 0 Å². The number of hydrogen-bond acceptors (Lipinski definition) is 7. The second-order valence-electron chi connectivity index (χ2n) is 8.31. The van der Waals surface area contributed by atoms with Crippen LogP contribution in [0.25, 0.3) is 10.9 Å². The Hall–Kier alpha value is -3.62. The zero-order valence-electron chi connectivity index (χ0n) is 18.9. The molecule has 0 spiro atoms. The van der Waals surface area contributed by atoms with Gasteiger partial charge < -0.3 is 20.7 Å². The summed E-state index contributed by atoms with van der Waals surface area (Å²) in [6.45, 7) is 5.06. The molecule has 1 saturated heterocycles. The average Bonchev–Trinajstić information content (AvgIpc) is 2.85. The molecule has 0 radical (unpaired) electrons. The molecule has 0 amide bonds. The molecule has 0 saturated carbocycles. The number of aryl methyl sites for hydroxylation is 1. The number of benzene rings is 3. The first-order chi connectivity index (χ1) is 16.4. The van der Waals surface area contributed by atoms with Crippen molar-refractivity contribution in [3.05, 3.63) is 78.5 Å². The number of hydrogen-bond donors (Lipinski definition) is 2. The Labute approximate surface area is 199 Å². The summed E-state index contributed by atoms with van der Waals surface area (Å²) in [6, 6.07) is 21.2. The Morgan fingerprint density at radius 2 is 1.59 bits per heavy atom. The van der Waals surface area contributed by atoms with Gasteiger partial charge in [-0.2, -0.15) is 0 Å². The average molecular weight is 475 g/mol. The van der Waals surface area contributed by atoms with Gasteiger partial charge in [0.2, 0.25) is 9.84 Å². The predicted octanol–water partition coefficient (Wildman–Crippen LogP) is 4.54. The number of nitrogens with one attached hydrogen (secondary N) is 1. The number of nitrogens with zero attached hydrogens (tertiary/aromatic N) is 2. The van der Waals surface area contributed by atoms with Crippen LogP contribution in [-0.4, -0.2) is 39.7 Å². The van der Waals surface area contributed by atoms with Gasteiger partial charge >= 0.3 is 0 Å². The zero-order valence-corrected chi connectivity index (χ0v) is 19.7. The number of ether oxygens (including phenoxy) is 1. The highest BCUT2D eigenvalue weighted by Crippen LogP contribution is 2.33. The minimum Gasteiger partial charge on any atom is -0.399 e. The van der Waals surface area contributed by atoms with Gasteiger partial charge in [0.15, 0.2) is 0 Å². The van der Waals surface area contributed by atoms with Crippen LogP contribution in [-0.2, 0) is 14.6 Å². The number of sulfone groups is 1. The predicted molar refractivity (Wildman–Crippen MR) is 136 cm³/mol. The maximum absolute atomic E-state index is 12.9. The van der Waals surface area contributed by atoms with Crippen molar-refractivity contribution in [2.24, 2.45) is 0 Å². The quantitative estimate of drug-likeness (QED) is 0.410. The summed E-state index contributed by atoms with van der Waals surface area (Å²) in [6.07, 6.45) is 0. The maximum Gasteiger partial charge on any atom is 0.206 e. The molecule has 3 aromatic carbocycles. The lowest BCUT2D eigenvalue weighted by Crippen LogP contribution is -2.36. The van der Waals surface area contributed by atoms with E-state index in [1.54, 1.807) is 36.4 Å². The lowest BCUT2D eigenvalue weighted by Gasteiger charge is -2.29. The number of fused-ring (bicyclic) bond motifs is 1. The summed E-state index contributed by atoms with van der Waals surface area (Å²) in [4.78, 5) is 7.58. The van der Waals surface area contributed by atoms with Gasteiger partial charge in [-0.25, -0.2) is 8.42 Å². The molecule has 1 aliphatic rings. The number of aromatic nitrogens is 1. The van der Waals surface area contributed by atoms with Gasteiger partial charge in [0.05, 0.1) is 34.2 Å². The van der Waals surface area contributed by atoms with Gasteiger partial charge in [0, 0.05) is 41.2 Å². The molecule has 0 bridgehead atoms. The van der Waals surface area contributed by atoms with E-state index in [0.29, 0.717) is 18.9 Å². The molecule has 0 unspecified atom stereocenters. The minimum atomic E-state index is -3.61. The smallest absolute Gasteiger partial charge is 0.206 e. The van der Waals surface area contributed by atoms with Crippen LogP contribution in [0.1, 0.15) is 5.69 Å². The summed E-state index contributed by atoms with van der Waals surface area (Å²) in [7, 11) is -3.61. The highest BCUT2D eigenvalue weighted by Gasteiger charge is 2.18. The van der Waals surface area contributed by atoms with E-state index in [1.807, 2.05) is 25.1 Å². The Balaban J connectivity index is 1.46. The first kappa shape index (κ1) is 22.2. The summed E-state index contributed by atoms with van der Waals surface area (Å²) in [5.41, 5.74) is 10.9. The number of rotatable bonds is 5. The summed E-state index contributed by atoms with van der Waals surface area (Å²) in [5.74, 6) is 0. The molecule has 2 heterocycles. The molecule has 1 aliphatic heterocycles. The molecule has 1 aromatic heterocycles. The largest absolute Gasteiger partial charge is 0.399 e. The van der Waals surface area contributed by atoms with Gasteiger partial charge in [-0.3, -0.25) is 4.98 Å². The third-order valence-electron chi connectivity index (χ3n) is 5.93. The SMILES string of the molecule is Cc1cc(Nc2ccc(S(=O)(=O)c3ccc(N)cc3)cc2)c2cccc(N3CCOCC3)c2n1. The van der Waals surface area contributed by atoms with E-state index in [9.17, 15) is 8.42 Å². The maximum atomic E-state index is 12.9. The lowest BCUT2D eigenvalue weighted by molar-refractivity contribution is 0.123. The molecule has 0 atom stereocenters. The fourth-order valence-corrected chi connectivity index (χ4v) is 5.44. The molecule has 3 N–H and O–H groups in total. The number of pyridine rings is 1. The summed E-state index contributed by atoms with van der Waals surface area (Å²) >= 11 is 0. The number of morpholine rings is 1. The van der Waals surface area contributed by atoms with Gasteiger partial charge in [0.25, 0.3) is 0 Å². The van der Waals surface area contributed by atoms with Crippen LogP contribution in [0.3, 0.4) is 0 Å². The Morgan fingerprint density at radius 1 is 0.941 bits per heavy atom. The molecule has 1 fully saturated rings. The van der Waals surface area contributed by atoms with Gasteiger partial charge in [-0.05, 0) is 67.6 Å². The molecule has 5 rings (SSSR count). The molecule has 0 aliphatic carbocycles. The highest BCUT2D eigenvalue weighted by atomic mass is 32.2. The third-order valence-corrected chi connectivity index (χ3v) is 7.72. The number of nitrogens with two attached hydrogens (primary N) is 1. The Morgan fingerprint density at radius 3 is 2.26 bits per heavy atom. The van der Waals surface area contributed by atoms with Crippen LogP contribution in [0.2, 0.25) is 0 Å². The van der Waals surface area contributed by atoms with E-state index in [4.69, 9.17) is 15.5 Å². The second-order valence-corrected chi connectivity index (χ2v) is 10.3. The molecule has 8 heteroatoms. The first-order valence-corrected chi connectivity index (χ1v) is 12.6. The number of para-hydroxylation sites is 1. The Kier molecular flexibility index (Phi) is 5.85. The van der Waals surface area contributed by atoms with E-state index in [2.05, 4.69) is 16.3 Å². The van der Waals surface area contributed by atoms with Gasteiger partial charge in [-0.15, -0.1) is 0 Å². The Bertz CT molecular complexity index is 1430. The van der Waals surface area contributed by atoms with Crippen LogP contribution in [0.5, 0.6) is 0 Å². The zero-order chi connectivity index (χ0) is 23.7. The van der Waals surface area contributed by atoms with Gasteiger partial charge in [-0.1, -0.05) is 12.1 Å². The number of anilines is 4. The van der Waals surface area contributed by atoms with E-state index < -0.39 is 9.84 Å². The molecule has 7 nitrogen and oxygen atoms in total. The van der Waals surface area contributed by atoms with Crippen molar-refractivity contribution in [3.8, 4) is 0 Å². The normalized spacial score (nSPS) is 14.3. The molecule has 4 aromatic rings. The fourth-order valence-electron chi connectivity index (χ4n) is 4.18. The monoisotopic (exact) mass is 474 g/mol. The minimum absolute atomic E-state index is 0.216. The van der Waals surface area contributed by atoms with Crippen LogP contribution in [0.4, 0.5) is 22.7 Å². The van der Waals surface area contributed by atoms with Crippen molar-refractivity contribution < 1.29 is 13.2 Å². The van der Waals surface area contributed by atoms with E-state index in [1.165, 1.54) is 12.1 Å². The second kappa shape index (κ2) is 8.96. The van der Waals surface area contributed by atoms with Gasteiger partial charge in [0.1, 0.15) is 0 Å². The van der Waals surface area contributed by atoms with Crippen molar-refractivity contribution in [3.63, 3.8) is 0 Å². The standard InChI is InChI=1S/C26H26N4O3S/c1-18-17-24(23-3-2-4-25(26(23)28-18)30-13-15-33-16-14-30)29-20-7-11-22(12-8-20)34(31,32)21-9-5-19(27)6-10-21/h2-12,17H,13-16,27H2,1H3,(H,28,29). The van der Waals surface area contributed by atoms with E-state index in [-0.39, 0.29) is 9.79 Å². The molecule has 174 valence electrons. The van der Waals surface area contributed by atoms with Crippen LogP contribution < -0.4 is 16.0 Å². The molecular formula is C26H26N4O3S. The van der Waals surface area contributed by atoms with Crippen LogP contribution >= 0.6 is 0 Å². The van der Waals surface area contributed by atoms with Crippen molar-refractivity contribution in [1.82, 2.24) is 4.98 Å². The van der Waals surface area contributed by atoms with Crippen LogP contribution in [0, 0.1) is 6.92 Å². The summed E-state index contributed by atoms with van der Waals surface area (Å²) in [5, 5.41) is 4.46. The molecular weight excluding hydrogens is 448 g/mol. The summed E-state index contributed by atoms with van der Waals surface area (Å²) < 4.78 is 31.4. The number of nitrogen functional groups attached to an aromatic ring is 1. The third kappa shape index (κ3) is 4.30.